The molecule has 0 saturated heterocycles. The molecular weight excluding hydrogens is 562 g/mol. The minimum Gasteiger partial charge on any atom is -0.289 e. The molecule has 0 bridgehead atoms. The standard InChI is InChI=1S/C24H10F6O6S2/c25-23(26,27)37(33,34)15-3-1-11-7-17-19(9-13(11)5-15)22(32)20-10-14-6-16(38(35,36)24(28,29)30)4-2-12(14)8-18(20)21(17)31/h1-10H. The Balaban J connectivity index is 1.68. The number of fused-ring (bicyclic) bond motifs is 4. The summed E-state index contributed by atoms with van der Waals surface area (Å²) in [4.78, 5) is 24.3. The summed E-state index contributed by atoms with van der Waals surface area (Å²) in [6.45, 7) is 0. The van der Waals surface area contributed by atoms with Crippen LogP contribution < -0.4 is 0 Å². The van der Waals surface area contributed by atoms with Gasteiger partial charge in [0, 0.05) is 22.3 Å². The fourth-order valence-corrected chi connectivity index (χ4v) is 5.79. The fourth-order valence-electron chi connectivity index (χ4n) is 4.19. The molecule has 1 aliphatic rings. The van der Waals surface area contributed by atoms with Crippen LogP contribution in [-0.2, 0) is 19.7 Å². The van der Waals surface area contributed by atoms with Gasteiger partial charge in [0.05, 0.1) is 9.79 Å². The normalized spacial score (nSPS) is 14.6. The summed E-state index contributed by atoms with van der Waals surface area (Å²) in [5.74, 6) is -1.48. The van der Waals surface area contributed by atoms with Gasteiger partial charge >= 0.3 is 11.0 Å². The first-order valence-corrected chi connectivity index (χ1v) is 13.3. The molecule has 0 amide bonds. The maximum absolute atomic E-state index is 13.3. The van der Waals surface area contributed by atoms with Crippen molar-refractivity contribution in [2.45, 2.75) is 20.8 Å². The predicted molar refractivity (Wildman–Crippen MR) is 121 cm³/mol. The molecule has 0 fully saturated rings. The minimum atomic E-state index is -5.69. The molecule has 0 aromatic heterocycles. The van der Waals surface area contributed by atoms with E-state index in [1.807, 2.05) is 0 Å². The van der Waals surface area contributed by atoms with Gasteiger partial charge in [-0.2, -0.15) is 26.3 Å². The van der Waals surface area contributed by atoms with Crippen LogP contribution >= 0.6 is 0 Å². The topological polar surface area (TPSA) is 102 Å². The number of carbonyl (C=O) groups is 2. The average Bonchev–Trinajstić information content (AvgIpc) is 2.83. The Hall–Kier alpha value is -3.78. The first kappa shape index (κ1) is 25.9. The first-order chi connectivity index (χ1) is 17.4. The summed E-state index contributed by atoms with van der Waals surface area (Å²) >= 11 is 0. The molecule has 196 valence electrons. The van der Waals surface area contributed by atoms with Crippen molar-refractivity contribution in [1.82, 2.24) is 0 Å². The van der Waals surface area contributed by atoms with E-state index in [1.54, 1.807) is 0 Å². The second kappa shape index (κ2) is 7.86. The van der Waals surface area contributed by atoms with Crippen molar-refractivity contribution in [1.29, 1.82) is 0 Å². The van der Waals surface area contributed by atoms with E-state index in [-0.39, 0.29) is 43.8 Å². The summed E-state index contributed by atoms with van der Waals surface area (Å²) < 4.78 is 125. The van der Waals surface area contributed by atoms with Gasteiger partial charge in [-0.15, -0.1) is 0 Å². The van der Waals surface area contributed by atoms with Gasteiger partial charge in [0.25, 0.3) is 19.7 Å². The largest absolute Gasteiger partial charge is 0.501 e. The molecule has 0 spiro atoms. The van der Waals surface area contributed by atoms with Crippen LogP contribution in [-0.4, -0.2) is 39.4 Å². The van der Waals surface area contributed by atoms with Gasteiger partial charge in [0.1, 0.15) is 0 Å². The highest BCUT2D eigenvalue weighted by Gasteiger charge is 2.48. The van der Waals surface area contributed by atoms with Crippen LogP contribution in [0.25, 0.3) is 21.5 Å². The van der Waals surface area contributed by atoms with E-state index < -0.39 is 52.0 Å². The quantitative estimate of drug-likeness (QED) is 0.264. The minimum absolute atomic E-state index is 0.0852. The van der Waals surface area contributed by atoms with Crippen molar-refractivity contribution in [2.24, 2.45) is 0 Å². The highest BCUT2D eigenvalue weighted by Crippen LogP contribution is 2.37. The van der Waals surface area contributed by atoms with Crippen molar-refractivity contribution in [3.05, 3.63) is 82.9 Å². The molecule has 5 rings (SSSR count). The van der Waals surface area contributed by atoms with Crippen molar-refractivity contribution >= 4 is 52.8 Å². The first-order valence-electron chi connectivity index (χ1n) is 10.3. The number of ketones is 2. The van der Waals surface area contributed by atoms with E-state index in [9.17, 15) is 52.8 Å². The number of sulfone groups is 2. The van der Waals surface area contributed by atoms with Gasteiger partial charge in [-0.3, -0.25) is 9.59 Å². The maximum Gasteiger partial charge on any atom is 0.501 e. The third-order valence-electron chi connectivity index (χ3n) is 6.10. The number of rotatable bonds is 2. The summed E-state index contributed by atoms with van der Waals surface area (Å²) in [5, 5.41) is 0.186. The lowest BCUT2D eigenvalue weighted by molar-refractivity contribution is -0.0442. The Morgan fingerprint density at radius 1 is 0.447 bits per heavy atom. The predicted octanol–water partition coefficient (Wildman–Crippen LogP) is 5.36. The smallest absolute Gasteiger partial charge is 0.289 e. The third kappa shape index (κ3) is 3.69. The van der Waals surface area contributed by atoms with Crippen LogP contribution in [0.15, 0.2) is 70.5 Å². The second-order valence-corrected chi connectivity index (χ2v) is 12.3. The van der Waals surface area contributed by atoms with E-state index >= 15 is 0 Å². The maximum atomic E-state index is 13.3. The van der Waals surface area contributed by atoms with Crippen molar-refractivity contribution < 1.29 is 52.8 Å². The molecule has 38 heavy (non-hydrogen) atoms. The number of hydrogen-bond donors (Lipinski definition) is 0. The van der Waals surface area contributed by atoms with E-state index in [4.69, 9.17) is 0 Å². The third-order valence-corrected chi connectivity index (χ3v) is 9.07. The van der Waals surface area contributed by atoms with Gasteiger partial charge in [-0.25, -0.2) is 16.8 Å². The molecule has 1 aliphatic carbocycles. The van der Waals surface area contributed by atoms with Crippen molar-refractivity contribution in [2.75, 3.05) is 0 Å². The second-order valence-electron chi connectivity index (χ2n) is 8.37. The van der Waals surface area contributed by atoms with E-state index in [1.165, 1.54) is 12.1 Å². The highest BCUT2D eigenvalue weighted by molar-refractivity contribution is 7.92. The number of halogens is 6. The lowest BCUT2D eigenvalue weighted by atomic mass is 9.81. The van der Waals surface area contributed by atoms with Gasteiger partial charge in [-0.05, 0) is 70.1 Å². The van der Waals surface area contributed by atoms with Crippen molar-refractivity contribution in [3.8, 4) is 0 Å². The molecule has 0 unspecified atom stereocenters. The van der Waals surface area contributed by atoms with Crippen LogP contribution in [0.2, 0.25) is 0 Å². The molecule has 6 nitrogen and oxygen atoms in total. The van der Waals surface area contributed by atoms with E-state index in [0.717, 1.165) is 36.4 Å². The van der Waals surface area contributed by atoms with Gasteiger partial charge in [-0.1, -0.05) is 12.1 Å². The summed E-state index contributed by atoms with van der Waals surface area (Å²) in [6.07, 6.45) is 0. The molecule has 4 aromatic carbocycles. The van der Waals surface area contributed by atoms with Crippen LogP contribution in [0.1, 0.15) is 31.8 Å². The number of hydrogen-bond acceptors (Lipinski definition) is 6. The van der Waals surface area contributed by atoms with Crippen LogP contribution in [0.5, 0.6) is 0 Å². The molecule has 4 aromatic rings. The van der Waals surface area contributed by atoms with Gasteiger partial charge in [0.2, 0.25) is 0 Å². The molecule has 0 heterocycles. The molecule has 0 atom stereocenters. The highest BCUT2D eigenvalue weighted by atomic mass is 32.2. The Kier molecular flexibility index (Phi) is 5.35. The zero-order valence-corrected chi connectivity index (χ0v) is 19.9. The molecule has 0 saturated carbocycles. The number of alkyl halides is 6. The Morgan fingerprint density at radius 2 is 0.737 bits per heavy atom. The average molecular weight is 572 g/mol. The van der Waals surface area contributed by atoms with Crippen LogP contribution in [0.4, 0.5) is 26.3 Å². The summed E-state index contributed by atoms with van der Waals surface area (Å²) in [5.41, 5.74) is -11.9. The molecular formula is C24H10F6O6S2. The lowest BCUT2D eigenvalue weighted by Gasteiger charge is -2.19. The monoisotopic (exact) mass is 572 g/mol. The summed E-state index contributed by atoms with van der Waals surface area (Å²) in [7, 11) is -11.4. The number of carbonyl (C=O) groups excluding carboxylic acids is 2. The lowest BCUT2D eigenvalue weighted by Crippen LogP contribution is -2.23. The van der Waals surface area contributed by atoms with Crippen LogP contribution in [0, 0.1) is 0 Å². The fraction of sp³-hybridized carbons (Fsp3) is 0.0833. The van der Waals surface area contributed by atoms with Gasteiger partial charge < -0.3 is 0 Å². The molecule has 14 heteroatoms. The Labute approximate surface area is 209 Å². The van der Waals surface area contributed by atoms with E-state index in [0.29, 0.717) is 12.1 Å². The van der Waals surface area contributed by atoms with E-state index in [2.05, 4.69) is 0 Å². The molecule has 0 radical (unpaired) electrons. The van der Waals surface area contributed by atoms with Crippen molar-refractivity contribution in [3.63, 3.8) is 0 Å². The van der Waals surface area contributed by atoms with Gasteiger partial charge in [0.15, 0.2) is 11.6 Å². The molecule has 0 N–H and O–H groups in total. The zero-order chi connectivity index (χ0) is 28.0. The SMILES string of the molecule is O=C1c2cc3ccc(S(=O)(=O)C(F)(F)F)cc3cc2C(=O)c2cc3cc(S(=O)(=O)C(F)(F)F)ccc3cc21. The molecule has 0 aliphatic heterocycles. The summed E-state index contributed by atoms with van der Waals surface area (Å²) in [6, 6.07) is 9.54. The zero-order valence-electron chi connectivity index (χ0n) is 18.3. The Bertz CT molecular complexity index is 1820. The Morgan fingerprint density at radius 3 is 1.03 bits per heavy atom. The number of benzene rings is 4. The van der Waals surface area contributed by atoms with Crippen LogP contribution in [0.3, 0.4) is 0 Å².